The SMILES string of the molecule is CCC(CC)N1CC2CCCCN2CC1CC. The van der Waals surface area contributed by atoms with E-state index in [9.17, 15) is 0 Å². The molecular formula is C15H30N2. The summed E-state index contributed by atoms with van der Waals surface area (Å²) in [5, 5.41) is 0. The topological polar surface area (TPSA) is 6.48 Å². The van der Waals surface area contributed by atoms with Crippen LogP contribution >= 0.6 is 0 Å². The summed E-state index contributed by atoms with van der Waals surface area (Å²) in [6.45, 7) is 11.1. The molecule has 2 heterocycles. The van der Waals surface area contributed by atoms with E-state index in [-0.39, 0.29) is 0 Å². The Morgan fingerprint density at radius 3 is 2.47 bits per heavy atom. The zero-order chi connectivity index (χ0) is 12.3. The van der Waals surface area contributed by atoms with Gasteiger partial charge in [-0.15, -0.1) is 0 Å². The Morgan fingerprint density at radius 2 is 1.82 bits per heavy atom. The summed E-state index contributed by atoms with van der Waals surface area (Å²) in [6, 6.07) is 2.51. The fraction of sp³-hybridized carbons (Fsp3) is 1.00. The van der Waals surface area contributed by atoms with Gasteiger partial charge in [0.15, 0.2) is 0 Å². The first-order chi connectivity index (χ1) is 8.30. The van der Waals surface area contributed by atoms with E-state index in [1.165, 1.54) is 58.2 Å². The molecule has 2 unspecified atom stereocenters. The second-order valence-electron chi connectivity index (χ2n) is 5.87. The molecule has 2 saturated heterocycles. The molecule has 0 saturated carbocycles. The van der Waals surface area contributed by atoms with Gasteiger partial charge < -0.3 is 0 Å². The molecule has 17 heavy (non-hydrogen) atoms. The minimum atomic E-state index is 0.814. The molecule has 0 N–H and O–H groups in total. The van der Waals surface area contributed by atoms with Gasteiger partial charge in [-0.2, -0.15) is 0 Å². The van der Waals surface area contributed by atoms with Crippen molar-refractivity contribution in [2.45, 2.75) is 77.4 Å². The number of rotatable bonds is 4. The van der Waals surface area contributed by atoms with Crippen LogP contribution in [0.1, 0.15) is 59.3 Å². The molecule has 2 nitrogen and oxygen atoms in total. The van der Waals surface area contributed by atoms with Gasteiger partial charge in [-0.3, -0.25) is 9.80 Å². The van der Waals surface area contributed by atoms with E-state index >= 15 is 0 Å². The Morgan fingerprint density at radius 1 is 1.06 bits per heavy atom. The van der Waals surface area contributed by atoms with Crippen LogP contribution in [-0.2, 0) is 0 Å². The predicted molar refractivity (Wildman–Crippen MR) is 74.4 cm³/mol. The van der Waals surface area contributed by atoms with Crippen molar-refractivity contribution in [2.24, 2.45) is 0 Å². The van der Waals surface area contributed by atoms with Gasteiger partial charge in [0.2, 0.25) is 0 Å². The van der Waals surface area contributed by atoms with Crippen molar-refractivity contribution in [3.8, 4) is 0 Å². The highest BCUT2D eigenvalue weighted by atomic mass is 15.3. The molecule has 2 fully saturated rings. The van der Waals surface area contributed by atoms with E-state index in [1.54, 1.807) is 0 Å². The van der Waals surface area contributed by atoms with Gasteiger partial charge >= 0.3 is 0 Å². The lowest BCUT2D eigenvalue weighted by Crippen LogP contribution is -2.61. The molecule has 0 aliphatic carbocycles. The van der Waals surface area contributed by atoms with Gasteiger partial charge in [-0.1, -0.05) is 27.2 Å². The van der Waals surface area contributed by atoms with Crippen molar-refractivity contribution >= 4 is 0 Å². The van der Waals surface area contributed by atoms with Crippen LogP contribution in [0.5, 0.6) is 0 Å². The van der Waals surface area contributed by atoms with Gasteiger partial charge in [0.05, 0.1) is 0 Å². The highest BCUT2D eigenvalue weighted by Gasteiger charge is 2.36. The molecular weight excluding hydrogens is 208 g/mol. The van der Waals surface area contributed by atoms with Crippen LogP contribution in [0.25, 0.3) is 0 Å². The quantitative estimate of drug-likeness (QED) is 0.742. The first-order valence-corrected chi connectivity index (χ1v) is 7.79. The van der Waals surface area contributed by atoms with E-state index in [0.717, 1.165) is 18.1 Å². The van der Waals surface area contributed by atoms with Crippen molar-refractivity contribution in [3.05, 3.63) is 0 Å². The lowest BCUT2D eigenvalue weighted by atomic mass is 9.93. The van der Waals surface area contributed by atoms with Gasteiger partial charge in [-0.25, -0.2) is 0 Å². The Bertz CT molecular complexity index is 225. The molecule has 0 radical (unpaired) electrons. The molecule has 2 atom stereocenters. The molecule has 0 aromatic rings. The van der Waals surface area contributed by atoms with Gasteiger partial charge in [0, 0.05) is 31.2 Å². The van der Waals surface area contributed by atoms with Crippen molar-refractivity contribution in [3.63, 3.8) is 0 Å². The lowest BCUT2D eigenvalue weighted by Gasteiger charge is -2.50. The van der Waals surface area contributed by atoms with E-state index in [4.69, 9.17) is 0 Å². The molecule has 0 aromatic heterocycles. The van der Waals surface area contributed by atoms with Crippen LogP contribution < -0.4 is 0 Å². The normalized spacial score (nSPS) is 31.8. The van der Waals surface area contributed by atoms with Crippen molar-refractivity contribution in [1.29, 1.82) is 0 Å². The zero-order valence-corrected chi connectivity index (χ0v) is 12.0. The molecule has 2 heteroatoms. The second kappa shape index (κ2) is 6.19. The van der Waals surface area contributed by atoms with Crippen LogP contribution in [0.15, 0.2) is 0 Å². The third-order valence-electron chi connectivity index (χ3n) is 4.97. The van der Waals surface area contributed by atoms with Crippen LogP contribution in [-0.4, -0.2) is 47.6 Å². The molecule has 2 aliphatic rings. The maximum atomic E-state index is 2.84. The Balaban J connectivity index is 2.03. The summed E-state index contributed by atoms with van der Waals surface area (Å²) in [4.78, 5) is 5.61. The van der Waals surface area contributed by atoms with Gasteiger partial charge in [0.1, 0.15) is 0 Å². The van der Waals surface area contributed by atoms with Crippen molar-refractivity contribution in [2.75, 3.05) is 19.6 Å². The molecule has 0 amide bonds. The predicted octanol–water partition coefficient (Wildman–Crippen LogP) is 3.12. The Kier molecular flexibility index (Phi) is 4.87. The van der Waals surface area contributed by atoms with Crippen LogP contribution in [0.2, 0.25) is 0 Å². The third kappa shape index (κ3) is 2.85. The smallest absolute Gasteiger partial charge is 0.0224 e. The number of hydrogen-bond donors (Lipinski definition) is 0. The maximum Gasteiger partial charge on any atom is 0.0224 e. The van der Waals surface area contributed by atoms with Gasteiger partial charge in [0.25, 0.3) is 0 Å². The number of nitrogens with zero attached hydrogens (tertiary/aromatic N) is 2. The minimum Gasteiger partial charge on any atom is -0.298 e. The largest absolute Gasteiger partial charge is 0.298 e. The first-order valence-electron chi connectivity index (χ1n) is 7.79. The first kappa shape index (κ1) is 13.4. The van der Waals surface area contributed by atoms with E-state index in [1.807, 2.05) is 0 Å². The summed E-state index contributed by atoms with van der Waals surface area (Å²) < 4.78 is 0. The monoisotopic (exact) mass is 238 g/mol. The van der Waals surface area contributed by atoms with Crippen LogP contribution in [0, 0.1) is 0 Å². The standard InChI is InChI=1S/C15H30N2/c1-4-13(5-2)17-12-15-9-7-8-10-16(15)11-14(17)6-3/h13-15H,4-12H2,1-3H3. The van der Waals surface area contributed by atoms with E-state index < -0.39 is 0 Å². The summed E-state index contributed by atoms with van der Waals surface area (Å²) in [6.07, 6.45) is 8.28. The fourth-order valence-corrected chi connectivity index (χ4v) is 3.84. The molecule has 0 bridgehead atoms. The average molecular weight is 238 g/mol. The molecule has 2 aliphatic heterocycles. The van der Waals surface area contributed by atoms with Crippen molar-refractivity contribution in [1.82, 2.24) is 9.80 Å². The fourth-order valence-electron chi connectivity index (χ4n) is 3.84. The summed E-state index contributed by atoms with van der Waals surface area (Å²) in [7, 11) is 0. The maximum absolute atomic E-state index is 2.84. The molecule has 0 aromatic carbocycles. The molecule has 0 spiro atoms. The number of fused-ring (bicyclic) bond motifs is 1. The third-order valence-corrected chi connectivity index (χ3v) is 4.97. The number of piperidine rings is 1. The number of hydrogen-bond acceptors (Lipinski definition) is 2. The van der Waals surface area contributed by atoms with E-state index in [0.29, 0.717) is 0 Å². The minimum absolute atomic E-state index is 0.814. The Labute approximate surface area is 107 Å². The van der Waals surface area contributed by atoms with Crippen LogP contribution in [0.3, 0.4) is 0 Å². The average Bonchev–Trinajstić information content (AvgIpc) is 2.39. The highest BCUT2D eigenvalue weighted by Crippen LogP contribution is 2.28. The molecule has 2 rings (SSSR count). The summed E-state index contributed by atoms with van der Waals surface area (Å²) in [5.74, 6) is 0. The zero-order valence-electron chi connectivity index (χ0n) is 12.0. The summed E-state index contributed by atoms with van der Waals surface area (Å²) >= 11 is 0. The number of piperazine rings is 1. The molecule has 100 valence electrons. The van der Waals surface area contributed by atoms with Crippen LogP contribution in [0.4, 0.5) is 0 Å². The Hall–Kier alpha value is -0.0800. The van der Waals surface area contributed by atoms with Crippen molar-refractivity contribution < 1.29 is 0 Å². The van der Waals surface area contributed by atoms with E-state index in [2.05, 4.69) is 30.6 Å². The lowest BCUT2D eigenvalue weighted by molar-refractivity contribution is -0.0171. The highest BCUT2D eigenvalue weighted by molar-refractivity contribution is 4.92. The second-order valence-corrected chi connectivity index (χ2v) is 5.87. The van der Waals surface area contributed by atoms with Gasteiger partial charge in [-0.05, 0) is 38.6 Å². The summed E-state index contributed by atoms with van der Waals surface area (Å²) in [5.41, 5.74) is 0.